The Morgan fingerprint density at radius 3 is 2.50 bits per heavy atom. The van der Waals surface area contributed by atoms with E-state index in [0.717, 1.165) is 5.56 Å². The summed E-state index contributed by atoms with van der Waals surface area (Å²) in [6.45, 7) is 0.318. The second kappa shape index (κ2) is 8.01. The Hall–Kier alpha value is -3.02. The summed E-state index contributed by atoms with van der Waals surface area (Å²) < 4.78 is 10.1. The molecule has 24 heavy (non-hydrogen) atoms. The van der Waals surface area contributed by atoms with Gasteiger partial charge in [0.15, 0.2) is 6.61 Å². The Labute approximate surface area is 140 Å². The van der Waals surface area contributed by atoms with E-state index in [1.807, 2.05) is 30.3 Å². The molecule has 0 aliphatic heterocycles. The number of methoxy groups -OCH3 is 1. The average molecular weight is 328 g/mol. The van der Waals surface area contributed by atoms with Crippen LogP contribution in [0, 0.1) is 0 Å². The second-order valence-electron chi connectivity index (χ2n) is 5.27. The Morgan fingerprint density at radius 1 is 1.12 bits per heavy atom. The minimum absolute atomic E-state index is 0.168. The van der Waals surface area contributed by atoms with Gasteiger partial charge in [-0.25, -0.2) is 4.79 Å². The summed E-state index contributed by atoms with van der Waals surface area (Å²) in [5, 5.41) is 0. The van der Waals surface area contributed by atoms with Crippen LogP contribution >= 0.6 is 0 Å². The molecule has 0 bridgehead atoms. The number of carbonyl (C=O) groups excluding carboxylic acids is 2. The van der Waals surface area contributed by atoms with Gasteiger partial charge in [0.1, 0.15) is 5.75 Å². The summed E-state index contributed by atoms with van der Waals surface area (Å²) in [4.78, 5) is 25.3. The van der Waals surface area contributed by atoms with E-state index in [9.17, 15) is 9.59 Å². The minimum Gasteiger partial charge on any atom is -0.482 e. The van der Waals surface area contributed by atoms with Crippen LogP contribution in [0.2, 0.25) is 0 Å². The van der Waals surface area contributed by atoms with Crippen molar-refractivity contribution in [3.8, 4) is 5.75 Å². The highest BCUT2D eigenvalue weighted by Crippen LogP contribution is 2.23. The molecule has 0 aliphatic rings. The lowest BCUT2D eigenvalue weighted by Crippen LogP contribution is -2.31. The summed E-state index contributed by atoms with van der Waals surface area (Å²) in [6.07, 6.45) is 0. The lowest BCUT2D eigenvalue weighted by Gasteiger charge is -2.18. The van der Waals surface area contributed by atoms with Gasteiger partial charge in [0.05, 0.1) is 18.4 Å². The summed E-state index contributed by atoms with van der Waals surface area (Å²) in [5.41, 5.74) is 7.50. The highest BCUT2D eigenvalue weighted by Gasteiger charge is 2.13. The number of hydrogen-bond donors (Lipinski definition) is 1. The zero-order chi connectivity index (χ0) is 17.5. The molecule has 0 saturated carbocycles. The predicted molar refractivity (Wildman–Crippen MR) is 90.6 cm³/mol. The van der Waals surface area contributed by atoms with Gasteiger partial charge >= 0.3 is 5.97 Å². The highest BCUT2D eigenvalue weighted by atomic mass is 16.5. The summed E-state index contributed by atoms with van der Waals surface area (Å²) in [7, 11) is 2.99. The third kappa shape index (κ3) is 4.49. The molecule has 0 fully saturated rings. The molecule has 0 atom stereocenters. The summed E-state index contributed by atoms with van der Waals surface area (Å²) in [5.74, 6) is -0.409. The van der Waals surface area contributed by atoms with Gasteiger partial charge in [-0.15, -0.1) is 0 Å². The van der Waals surface area contributed by atoms with E-state index in [-0.39, 0.29) is 18.3 Å². The summed E-state index contributed by atoms with van der Waals surface area (Å²) >= 11 is 0. The number of hydrogen-bond acceptors (Lipinski definition) is 5. The van der Waals surface area contributed by atoms with Gasteiger partial charge in [0, 0.05) is 13.6 Å². The number of ether oxygens (including phenoxy) is 2. The van der Waals surface area contributed by atoms with E-state index in [1.165, 1.54) is 19.2 Å². The maximum Gasteiger partial charge on any atom is 0.337 e. The molecule has 0 aliphatic carbocycles. The number of rotatable bonds is 6. The molecule has 6 nitrogen and oxygen atoms in total. The second-order valence-corrected chi connectivity index (χ2v) is 5.27. The number of nitrogens with zero attached hydrogens (tertiary/aromatic N) is 1. The Morgan fingerprint density at radius 2 is 1.83 bits per heavy atom. The highest BCUT2D eigenvalue weighted by molar-refractivity contribution is 5.90. The fraction of sp³-hybridized carbons (Fsp3) is 0.222. The van der Waals surface area contributed by atoms with Crippen LogP contribution in [-0.2, 0) is 16.1 Å². The van der Waals surface area contributed by atoms with Crippen molar-refractivity contribution >= 4 is 17.6 Å². The van der Waals surface area contributed by atoms with Crippen LogP contribution in [0.15, 0.2) is 48.5 Å². The van der Waals surface area contributed by atoms with Crippen LogP contribution in [0.25, 0.3) is 0 Å². The zero-order valence-electron chi connectivity index (χ0n) is 13.7. The van der Waals surface area contributed by atoms with E-state index in [2.05, 4.69) is 4.74 Å². The van der Waals surface area contributed by atoms with Crippen molar-refractivity contribution in [1.82, 2.24) is 4.90 Å². The van der Waals surface area contributed by atoms with E-state index < -0.39 is 5.97 Å². The first-order valence-corrected chi connectivity index (χ1v) is 7.39. The molecule has 2 N–H and O–H groups in total. The quantitative estimate of drug-likeness (QED) is 0.648. The van der Waals surface area contributed by atoms with E-state index in [1.54, 1.807) is 18.0 Å². The molecule has 2 rings (SSSR count). The molecule has 0 aromatic heterocycles. The fourth-order valence-corrected chi connectivity index (χ4v) is 2.10. The van der Waals surface area contributed by atoms with Gasteiger partial charge in [-0.1, -0.05) is 30.3 Å². The van der Waals surface area contributed by atoms with Crippen molar-refractivity contribution in [2.24, 2.45) is 0 Å². The number of likely N-dealkylation sites (N-methyl/N-ethyl adjacent to an activating group) is 1. The Balaban J connectivity index is 1.97. The first-order valence-electron chi connectivity index (χ1n) is 7.39. The monoisotopic (exact) mass is 328 g/mol. The normalized spacial score (nSPS) is 10.1. The lowest BCUT2D eigenvalue weighted by atomic mass is 10.2. The standard InChI is InChI=1S/C18H20N2O4/c1-20(11-13-6-4-3-5-7-13)17(21)12-24-16-10-14(18(22)23-2)8-9-15(16)19/h3-10H,11-12,19H2,1-2H3. The maximum absolute atomic E-state index is 12.2. The lowest BCUT2D eigenvalue weighted by molar-refractivity contribution is -0.132. The zero-order valence-corrected chi connectivity index (χ0v) is 13.7. The maximum atomic E-state index is 12.2. The van der Waals surface area contributed by atoms with E-state index in [4.69, 9.17) is 10.5 Å². The molecule has 2 aromatic rings. The van der Waals surface area contributed by atoms with Crippen LogP contribution in [0.1, 0.15) is 15.9 Å². The smallest absolute Gasteiger partial charge is 0.337 e. The number of benzene rings is 2. The Bertz CT molecular complexity index is 716. The van der Waals surface area contributed by atoms with Crippen molar-refractivity contribution in [2.45, 2.75) is 6.54 Å². The molecule has 0 radical (unpaired) electrons. The van der Waals surface area contributed by atoms with Gasteiger partial charge in [-0.2, -0.15) is 0 Å². The number of carbonyl (C=O) groups is 2. The molecule has 0 heterocycles. The summed E-state index contributed by atoms with van der Waals surface area (Å²) in [6, 6.07) is 14.2. The van der Waals surface area contributed by atoms with Gasteiger partial charge in [0.25, 0.3) is 5.91 Å². The van der Waals surface area contributed by atoms with Crippen molar-refractivity contribution in [2.75, 3.05) is 26.5 Å². The van der Waals surface area contributed by atoms with Gasteiger partial charge in [0.2, 0.25) is 0 Å². The minimum atomic E-state index is -0.493. The molecule has 6 heteroatoms. The van der Waals surface area contributed by atoms with Crippen molar-refractivity contribution < 1.29 is 19.1 Å². The predicted octanol–water partition coefficient (Wildman–Crippen LogP) is 2.09. The van der Waals surface area contributed by atoms with Crippen molar-refractivity contribution in [3.05, 3.63) is 59.7 Å². The molecule has 1 amide bonds. The molecule has 0 spiro atoms. The SMILES string of the molecule is COC(=O)c1ccc(N)c(OCC(=O)N(C)Cc2ccccc2)c1. The van der Waals surface area contributed by atoms with Crippen molar-refractivity contribution in [1.29, 1.82) is 0 Å². The number of esters is 1. The molecule has 126 valence electrons. The van der Waals surface area contributed by atoms with Crippen LogP contribution in [0.3, 0.4) is 0 Å². The first kappa shape index (κ1) is 17.3. The largest absolute Gasteiger partial charge is 0.482 e. The van der Waals surface area contributed by atoms with Crippen LogP contribution < -0.4 is 10.5 Å². The Kier molecular flexibility index (Phi) is 5.78. The molecule has 0 saturated heterocycles. The molecular weight excluding hydrogens is 308 g/mol. The first-order chi connectivity index (χ1) is 11.5. The van der Waals surface area contributed by atoms with Crippen LogP contribution in [-0.4, -0.2) is 37.5 Å². The van der Waals surface area contributed by atoms with E-state index in [0.29, 0.717) is 17.8 Å². The van der Waals surface area contributed by atoms with Gasteiger partial charge < -0.3 is 20.1 Å². The molecular formula is C18H20N2O4. The number of anilines is 1. The van der Waals surface area contributed by atoms with Crippen molar-refractivity contribution in [3.63, 3.8) is 0 Å². The fourth-order valence-electron chi connectivity index (χ4n) is 2.10. The third-order valence-corrected chi connectivity index (χ3v) is 3.47. The van der Waals surface area contributed by atoms with Crippen LogP contribution in [0.4, 0.5) is 5.69 Å². The average Bonchev–Trinajstić information content (AvgIpc) is 2.60. The molecule has 0 unspecified atom stereocenters. The third-order valence-electron chi connectivity index (χ3n) is 3.47. The van der Waals surface area contributed by atoms with Gasteiger partial charge in [-0.05, 0) is 23.8 Å². The number of amides is 1. The van der Waals surface area contributed by atoms with Gasteiger partial charge in [-0.3, -0.25) is 4.79 Å². The number of nitrogens with two attached hydrogens (primary N) is 1. The molecule has 2 aromatic carbocycles. The van der Waals surface area contributed by atoms with Crippen LogP contribution in [0.5, 0.6) is 5.75 Å². The topological polar surface area (TPSA) is 81.9 Å². The van der Waals surface area contributed by atoms with E-state index >= 15 is 0 Å². The number of nitrogen functional groups attached to an aromatic ring is 1.